The van der Waals surface area contributed by atoms with Gasteiger partial charge >= 0.3 is 0 Å². The van der Waals surface area contributed by atoms with Crippen LogP contribution in [-0.2, 0) is 4.74 Å². The van der Waals surface area contributed by atoms with Gasteiger partial charge in [-0.2, -0.15) is 0 Å². The molecule has 1 fully saturated rings. The van der Waals surface area contributed by atoms with E-state index in [0.29, 0.717) is 6.54 Å². The molecule has 1 aliphatic heterocycles. The van der Waals surface area contributed by atoms with Crippen LogP contribution in [0.3, 0.4) is 0 Å². The van der Waals surface area contributed by atoms with E-state index in [1.807, 2.05) is 18.2 Å². The molecule has 112 valence electrons. The van der Waals surface area contributed by atoms with Crippen molar-refractivity contribution in [3.05, 3.63) is 48.0 Å². The molecule has 3 atom stereocenters. The van der Waals surface area contributed by atoms with Crippen LogP contribution in [0, 0.1) is 0 Å². The molecule has 1 saturated heterocycles. The Morgan fingerprint density at radius 3 is 2.48 bits per heavy atom. The summed E-state index contributed by atoms with van der Waals surface area (Å²) >= 11 is 0. The first-order valence-electron chi connectivity index (χ1n) is 7.66. The third-order valence-corrected chi connectivity index (χ3v) is 4.08. The lowest BCUT2D eigenvalue weighted by molar-refractivity contribution is -0.0767. The Morgan fingerprint density at radius 1 is 1.10 bits per heavy atom. The lowest BCUT2D eigenvalue weighted by Crippen LogP contribution is -2.46. The van der Waals surface area contributed by atoms with Gasteiger partial charge in [0.05, 0.1) is 18.3 Å². The largest absolute Gasteiger partial charge is 0.387 e. The Kier molecular flexibility index (Phi) is 4.24. The second-order valence-electron chi connectivity index (χ2n) is 6.10. The van der Waals surface area contributed by atoms with Crippen molar-refractivity contribution >= 4 is 10.8 Å². The monoisotopic (exact) mass is 285 g/mol. The first-order valence-corrected chi connectivity index (χ1v) is 7.66. The summed E-state index contributed by atoms with van der Waals surface area (Å²) in [5.41, 5.74) is 0.987. The molecule has 1 heterocycles. The summed E-state index contributed by atoms with van der Waals surface area (Å²) in [6, 6.07) is 14.5. The van der Waals surface area contributed by atoms with Crippen LogP contribution in [0.5, 0.6) is 0 Å². The zero-order valence-corrected chi connectivity index (χ0v) is 12.7. The highest BCUT2D eigenvalue weighted by Gasteiger charge is 2.24. The Hall–Kier alpha value is -1.42. The molecule has 3 nitrogen and oxygen atoms in total. The minimum atomic E-state index is -0.452. The fourth-order valence-electron chi connectivity index (χ4n) is 3.20. The number of aliphatic hydroxyl groups excluding tert-OH is 1. The first-order chi connectivity index (χ1) is 10.1. The predicted octanol–water partition coefficient (Wildman–Crippen LogP) is 2.98. The summed E-state index contributed by atoms with van der Waals surface area (Å²) in [6.45, 7) is 6.61. The summed E-state index contributed by atoms with van der Waals surface area (Å²) in [7, 11) is 0. The summed E-state index contributed by atoms with van der Waals surface area (Å²) in [4.78, 5) is 2.29. The van der Waals surface area contributed by atoms with Crippen LogP contribution in [0.2, 0.25) is 0 Å². The maximum absolute atomic E-state index is 10.5. The first kappa shape index (κ1) is 14.5. The van der Waals surface area contributed by atoms with E-state index in [1.54, 1.807) is 0 Å². The van der Waals surface area contributed by atoms with E-state index in [0.717, 1.165) is 18.7 Å². The highest BCUT2D eigenvalue weighted by Crippen LogP contribution is 2.22. The van der Waals surface area contributed by atoms with Crippen LogP contribution in [-0.4, -0.2) is 41.8 Å². The van der Waals surface area contributed by atoms with Gasteiger partial charge in [-0.05, 0) is 36.2 Å². The van der Waals surface area contributed by atoms with Crippen molar-refractivity contribution < 1.29 is 9.84 Å². The van der Waals surface area contributed by atoms with Crippen molar-refractivity contribution in [2.45, 2.75) is 32.2 Å². The standard InChI is InChI=1S/C18H23NO2/c1-13-10-19(11-14(2)21-13)12-18(20)17-8-7-15-5-3-4-6-16(15)9-17/h3-9,13-14,18,20H,10-12H2,1-2H3. The number of hydrogen-bond donors (Lipinski definition) is 1. The van der Waals surface area contributed by atoms with Crippen LogP contribution >= 0.6 is 0 Å². The third kappa shape index (κ3) is 3.43. The number of rotatable bonds is 3. The van der Waals surface area contributed by atoms with Gasteiger partial charge in [0.1, 0.15) is 0 Å². The molecular weight excluding hydrogens is 262 g/mol. The van der Waals surface area contributed by atoms with E-state index in [4.69, 9.17) is 4.74 Å². The van der Waals surface area contributed by atoms with E-state index >= 15 is 0 Å². The highest BCUT2D eigenvalue weighted by atomic mass is 16.5. The molecule has 21 heavy (non-hydrogen) atoms. The summed E-state index contributed by atoms with van der Waals surface area (Å²) < 4.78 is 5.74. The molecule has 1 aliphatic rings. The van der Waals surface area contributed by atoms with Gasteiger partial charge in [0.15, 0.2) is 0 Å². The topological polar surface area (TPSA) is 32.7 Å². The van der Waals surface area contributed by atoms with E-state index in [2.05, 4.69) is 43.0 Å². The Balaban J connectivity index is 1.72. The third-order valence-electron chi connectivity index (χ3n) is 4.08. The molecule has 2 aromatic rings. The second kappa shape index (κ2) is 6.14. The zero-order chi connectivity index (χ0) is 14.8. The van der Waals surface area contributed by atoms with Gasteiger partial charge in [0.2, 0.25) is 0 Å². The maximum Gasteiger partial charge on any atom is 0.0917 e. The number of morpholine rings is 1. The van der Waals surface area contributed by atoms with Gasteiger partial charge in [-0.25, -0.2) is 0 Å². The molecule has 0 bridgehead atoms. The van der Waals surface area contributed by atoms with Gasteiger partial charge in [-0.15, -0.1) is 0 Å². The smallest absolute Gasteiger partial charge is 0.0917 e. The fraction of sp³-hybridized carbons (Fsp3) is 0.444. The predicted molar refractivity (Wildman–Crippen MR) is 85.4 cm³/mol. The van der Waals surface area contributed by atoms with Crippen LogP contribution in [0.4, 0.5) is 0 Å². The molecule has 3 heteroatoms. The molecule has 0 amide bonds. The normalized spacial score (nSPS) is 25.1. The average molecular weight is 285 g/mol. The van der Waals surface area contributed by atoms with Gasteiger partial charge in [0, 0.05) is 19.6 Å². The Morgan fingerprint density at radius 2 is 1.76 bits per heavy atom. The van der Waals surface area contributed by atoms with Crippen molar-refractivity contribution in [2.75, 3.05) is 19.6 Å². The van der Waals surface area contributed by atoms with Crippen molar-refractivity contribution in [1.29, 1.82) is 0 Å². The zero-order valence-electron chi connectivity index (χ0n) is 12.7. The fourth-order valence-corrected chi connectivity index (χ4v) is 3.20. The summed E-state index contributed by atoms with van der Waals surface area (Å²) in [6.07, 6.45) is 0.0159. The molecule has 2 aromatic carbocycles. The molecule has 0 aromatic heterocycles. The van der Waals surface area contributed by atoms with Crippen molar-refractivity contribution in [3.8, 4) is 0 Å². The number of β-amino-alcohol motifs (C(OH)–C–C–N with tert-alkyl or cyclic N) is 1. The minimum Gasteiger partial charge on any atom is -0.387 e. The average Bonchev–Trinajstić information content (AvgIpc) is 2.45. The van der Waals surface area contributed by atoms with Gasteiger partial charge in [-0.1, -0.05) is 36.4 Å². The molecule has 0 spiro atoms. The van der Waals surface area contributed by atoms with Gasteiger partial charge < -0.3 is 9.84 Å². The van der Waals surface area contributed by atoms with E-state index in [-0.39, 0.29) is 12.2 Å². The summed E-state index contributed by atoms with van der Waals surface area (Å²) in [5.74, 6) is 0. The van der Waals surface area contributed by atoms with Crippen molar-refractivity contribution in [3.63, 3.8) is 0 Å². The number of ether oxygens (including phenoxy) is 1. The number of hydrogen-bond acceptors (Lipinski definition) is 3. The molecule has 3 rings (SSSR count). The second-order valence-corrected chi connectivity index (χ2v) is 6.10. The number of nitrogens with zero attached hydrogens (tertiary/aromatic N) is 1. The highest BCUT2D eigenvalue weighted by molar-refractivity contribution is 5.83. The molecule has 1 N–H and O–H groups in total. The van der Waals surface area contributed by atoms with Crippen molar-refractivity contribution in [1.82, 2.24) is 4.90 Å². The summed E-state index contributed by atoms with van der Waals surface area (Å²) in [5, 5.41) is 12.9. The van der Waals surface area contributed by atoms with Gasteiger partial charge in [-0.3, -0.25) is 4.90 Å². The van der Waals surface area contributed by atoms with E-state index in [1.165, 1.54) is 10.8 Å². The number of fused-ring (bicyclic) bond motifs is 1. The lowest BCUT2D eigenvalue weighted by atomic mass is 10.0. The van der Waals surface area contributed by atoms with Crippen LogP contribution in [0.1, 0.15) is 25.5 Å². The number of benzene rings is 2. The Labute approximate surface area is 126 Å². The minimum absolute atomic E-state index is 0.234. The lowest BCUT2D eigenvalue weighted by Gasteiger charge is -2.36. The van der Waals surface area contributed by atoms with Crippen molar-refractivity contribution in [2.24, 2.45) is 0 Å². The maximum atomic E-state index is 10.5. The van der Waals surface area contributed by atoms with Crippen LogP contribution < -0.4 is 0 Å². The molecular formula is C18H23NO2. The Bertz CT molecular complexity index is 603. The molecule has 0 saturated carbocycles. The quantitative estimate of drug-likeness (QED) is 0.941. The van der Waals surface area contributed by atoms with E-state index in [9.17, 15) is 5.11 Å². The SMILES string of the molecule is CC1CN(CC(O)c2ccc3ccccc3c2)CC(C)O1. The van der Waals surface area contributed by atoms with Crippen LogP contribution in [0.15, 0.2) is 42.5 Å². The molecule has 0 radical (unpaired) electrons. The molecule has 0 aliphatic carbocycles. The van der Waals surface area contributed by atoms with Gasteiger partial charge in [0.25, 0.3) is 0 Å². The molecule has 3 unspecified atom stereocenters. The van der Waals surface area contributed by atoms with E-state index < -0.39 is 6.10 Å². The number of aliphatic hydroxyl groups is 1. The van der Waals surface area contributed by atoms with Crippen LogP contribution in [0.25, 0.3) is 10.8 Å².